The monoisotopic (exact) mass is 418 g/mol. The van der Waals surface area contributed by atoms with Crippen molar-refractivity contribution in [2.24, 2.45) is 5.92 Å². The van der Waals surface area contributed by atoms with Crippen LogP contribution in [-0.4, -0.2) is 32.9 Å². The van der Waals surface area contributed by atoms with E-state index in [9.17, 15) is 18.0 Å². The number of hydrogen-bond acceptors (Lipinski definition) is 5. The molecule has 156 valence electrons. The fourth-order valence-corrected chi connectivity index (χ4v) is 4.06. The van der Waals surface area contributed by atoms with E-state index in [1.807, 2.05) is 32.0 Å². The molecule has 8 heteroatoms. The van der Waals surface area contributed by atoms with Gasteiger partial charge in [0, 0.05) is 5.69 Å². The van der Waals surface area contributed by atoms with Gasteiger partial charge in [-0.25, -0.2) is 8.42 Å². The normalized spacial score (nSPS) is 12.4. The molecule has 0 radical (unpaired) electrons. The van der Waals surface area contributed by atoms with Crippen LogP contribution in [0.25, 0.3) is 0 Å². The van der Waals surface area contributed by atoms with Crippen LogP contribution in [0.2, 0.25) is 0 Å². The molecule has 0 fully saturated rings. The molecule has 0 aliphatic rings. The maximum absolute atomic E-state index is 12.5. The molecule has 2 aromatic carbocycles. The molecule has 2 N–H and O–H groups in total. The minimum atomic E-state index is -3.90. The van der Waals surface area contributed by atoms with Crippen LogP contribution in [0.3, 0.4) is 0 Å². The first-order valence-electron chi connectivity index (χ1n) is 9.22. The maximum Gasteiger partial charge on any atom is 0.324 e. The average molecular weight is 419 g/mol. The number of benzene rings is 2. The van der Waals surface area contributed by atoms with Crippen LogP contribution in [0, 0.1) is 19.8 Å². The number of amides is 1. The highest BCUT2D eigenvalue weighted by atomic mass is 32.2. The van der Waals surface area contributed by atoms with E-state index in [1.165, 1.54) is 12.1 Å². The number of esters is 1. The molecule has 0 unspecified atom stereocenters. The second kappa shape index (κ2) is 9.67. The fourth-order valence-electron chi connectivity index (χ4n) is 2.70. The Morgan fingerprint density at radius 1 is 0.966 bits per heavy atom. The van der Waals surface area contributed by atoms with E-state index in [1.54, 1.807) is 32.0 Å². The third-order valence-electron chi connectivity index (χ3n) is 4.35. The molecule has 0 spiro atoms. The fraction of sp³-hybridized carbons (Fsp3) is 0.333. The predicted molar refractivity (Wildman–Crippen MR) is 111 cm³/mol. The lowest BCUT2D eigenvalue weighted by atomic mass is 10.1. The zero-order valence-electron chi connectivity index (χ0n) is 16.9. The van der Waals surface area contributed by atoms with E-state index in [4.69, 9.17) is 4.74 Å². The number of hydrogen-bond donors (Lipinski definition) is 2. The molecular weight excluding hydrogens is 392 g/mol. The van der Waals surface area contributed by atoms with Gasteiger partial charge >= 0.3 is 5.97 Å². The Labute approximate surface area is 171 Å². The smallest absolute Gasteiger partial charge is 0.324 e. The molecular formula is C21H26N2O5S. The lowest BCUT2D eigenvalue weighted by Gasteiger charge is -2.21. The Bertz CT molecular complexity index is 952. The summed E-state index contributed by atoms with van der Waals surface area (Å²) in [5.41, 5.74) is 2.44. The topological polar surface area (TPSA) is 102 Å². The summed E-state index contributed by atoms with van der Waals surface area (Å²) in [6.07, 6.45) is 0. The molecule has 2 rings (SSSR count). The number of anilines is 1. The molecule has 0 saturated heterocycles. The summed E-state index contributed by atoms with van der Waals surface area (Å²) in [4.78, 5) is 24.7. The SMILES string of the molecule is Cc1cccc(C)c1NC(=O)COC(=O)[C@@H](NS(=O)(=O)c1ccccc1)C(C)C. The van der Waals surface area contributed by atoms with Gasteiger partial charge in [0.15, 0.2) is 6.61 Å². The van der Waals surface area contributed by atoms with Crippen LogP contribution in [0.5, 0.6) is 0 Å². The number of aryl methyl sites for hydroxylation is 2. The summed E-state index contributed by atoms with van der Waals surface area (Å²) < 4.78 is 32.5. The number of para-hydroxylation sites is 1. The van der Waals surface area contributed by atoms with Gasteiger partial charge in [-0.2, -0.15) is 4.72 Å². The molecule has 7 nitrogen and oxygen atoms in total. The molecule has 0 bridgehead atoms. The van der Waals surface area contributed by atoms with Crippen molar-refractivity contribution in [3.05, 3.63) is 59.7 Å². The molecule has 1 amide bonds. The average Bonchev–Trinajstić information content (AvgIpc) is 2.68. The summed E-state index contributed by atoms with van der Waals surface area (Å²) in [5.74, 6) is -1.68. The van der Waals surface area contributed by atoms with E-state index in [-0.39, 0.29) is 10.8 Å². The highest BCUT2D eigenvalue weighted by Gasteiger charge is 2.30. The molecule has 2 aromatic rings. The highest BCUT2D eigenvalue weighted by Crippen LogP contribution is 2.19. The minimum absolute atomic E-state index is 0.0474. The van der Waals surface area contributed by atoms with Crippen LogP contribution < -0.4 is 10.0 Å². The predicted octanol–water partition coefficient (Wildman–Crippen LogP) is 2.79. The Kier molecular flexibility index (Phi) is 7.53. The first-order chi connectivity index (χ1) is 13.6. The van der Waals surface area contributed by atoms with Crippen LogP contribution in [0.15, 0.2) is 53.4 Å². The first kappa shape index (κ1) is 22.6. The Morgan fingerprint density at radius 3 is 2.10 bits per heavy atom. The summed E-state index contributed by atoms with van der Waals surface area (Å²) in [6.45, 7) is 6.60. The number of sulfonamides is 1. The second-order valence-corrected chi connectivity index (χ2v) is 8.79. The number of carbonyl (C=O) groups is 2. The quantitative estimate of drug-likeness (QED) is 0.642. The highest BCUT2D eigenvalue weighted by molar-refractivity contribution is 7.89. The van der Waals surface area contributed by atoms with Crippen molar-refractivity contribution in [3.8, 4) is 0 Å². The van der Waals surface area contributed by atoms with E-state index in [0.29, 0.717) is 5.69 Å². The number of nitrogens with one attached hydrogen (secondary N) is 2. The summed E-state index contributed by atoms with van der Waals surface area (Å²) >= 11 is 0. The third kappa shape index (κ3) is 6.13. The van der Waals surface area contributed by atoms with Crippen molar-refractivity contribution in [3.63, 3.8) is 0 Å². The van der Waals surface area contributed by atoms with Crippen molar-refractivity contribution >= 4 is 27.6 Å². The van der Waals surface area contributed by atoms with Gasteiger partial charge in [0.2, 0.25) is 10.0 Å². The largest absolute Gasteiger partial charge is 0.454 e. The van der Waals surface area contributed by atoms with Crippen molar-refractivity contribution < 1.29 is 22.7 Å². The van der Waals surface area contributed by atoms with Gasteiger partial charge in [-0.15, -0.1) is 0 Å². The molecule has 0 saturated carbocycles. The maximum atomic E-state index is 12.5. The van der Waals surface area contributed by atoms with Crippen LogP contribution in [0.1, 0.15) is 25.0 Å². The van der Waals surface area contributed by atoms with Crippen molar-refractivity contribution in [2.45, 2.75) is 38.6 Å². The van der Waals surface area contributed by atoms with Crippen LogP contribution in [0.4, 0.5) is 5.69 Å². The van der Waals surface area contributed by atoms with Gasteiger partial charge in [0.1, 0.15) is 6.04 Å². The van der Waals surface area contributed by atoms with Crippen molar-refractivity contribution in [2.75, 3.05) is 11.9 Å². The standard InChI is InChI=1S/C21H26N2O5S/c1-14(2)19(23-29(26,27)17-11-6-5-7-12-17)21(25)28-13-18(24)22-20-15(3)9-8-10-16(20)4/h5-12,14,19,23H,13H2,1-4H3,(H,22,24)/t19-/m0/s1. The van der Waals surface area contributed by atoms with E-state index in [2.05, 4.69) is 10.0 Å². The third-order valence-corrected chi connectivity index (χ3v) is 5.80. The Morgan fingerprint density at radius 2 is 1.55 bits per heavy atom. The van der Waals surface area contributed by atoms with Gasteiger partial charge in [-0.05, 0) is 43.0 Å². The summed E-state index contributed by atoms with van der Waals surface area (Å²) in [7, 11) is -3.90. The van der Waals surface area contributed by atoms with Gasteiger partial charge in [-0.1, -0.05) is 50.2 Å². The number of ether oxygens (including phenoxy) is 1. The minimum Gasteiger partial charge on any atom is -0.454 e. The molecule has 0 heterocycles. The lowest BCUT2D eigenvalue weighted by molar-refractivity contribution is -0.150. The molecule has 0 aromatic heterocycles. The summed E-state index contributed by atoms with van der Waals surface area (Å²) in [5, 5.41) is 2.72. The van der Waals surface area contributed by atoms with Crippen LogP contribution in [-0.2, 0) is 24.3 Å². The number of rotatable bonds is 8. The van der Waals surface area contributed by atoms with Gasteiger partial charge in [-0.3, -0.25) is 9.59 Å². The van der Waals surface area contributed by atoms with E-state index < -0.39 is 34.5 Å². The Hall–Kier alpha value is -2.71. The van der Waals surface area contributed by atoms with Gasteiger partial charge < -0.3 is 10.1 Å². The zero-order valence-corrected chi connectivity index (χ0v) is 17.7. The second-order valence-electron chi connectivity index (χ2n) is 7.08. The molecule has 1 atom stereocenters. The number of carbonyl (C=O) groups excluding carboxylic acids is 2. The zero-order chi connectivity index (χ0) is 21.6. The molecule has 0 aliphatic carbocycles. The van der Waals surface area contributed by atoms with Gasteiger partial charge in [0.05, 0.1) is 4.90 Å². The first-order valence-corrected chi connectivity index (χ1v) is 10.7. The van der Waals surface area contributed by atoms with Gasteiger partial charge in [0.25, 0.3) is 5.91 Å². The van der Waals surface area contributed by atoms with Crippen LogP contribution >= 0.6 is 0 Å². The lowest BCUT2D eigenvalue weighted by Crippen LogP contribution is -2.45. The van der Waals surface area contributed by atoms with Crippen molar-refractivity contribution in [1.29, 1.82) is 0 Å². The van der Waals surface area contributed by atoms with E-state index in [0.717, 1.165) is 11.1 Å². The molecule has 0 aliphatic heterocycles. The summed E-state index contributed by atoms with van der Waals surface area (Å²) in [6, 6.07) is 12.2. The Balaban J connectivity index is 2.02. The molecule has 29 heavy (non-hydrogen) atoms. The van der Waals surface area contributed by atoms with Crippen molar-refractivity contribution in [1.82, 2.24) is 4.72 Å². The van der Waals surface area contributed by atoms with E-state index >= 15 is 0 Å².